The summed E-state index contributed by atoms with van der Waals surface area (Å²) in [5, 5.41) is 0. The molecule has 0 aliphatic carbocycles. The monoisotopic (exact) mass is 295 g/mol. The highest BCUT2D eigenvalue weighted by atomic mass is 32.2. The molecule has 108 valence electrons. The Morgan fingerprint density at radius 2 is 1.81 bits per heavy atom. The summed E-state index contributed by atoms with van der Waals surface area (Å²) in [5.74, 6) is 1.95. The predicted octanol–water partition coefficient (Wildman–Crippen LogP) is 4.32. The summed E-state index contributed by atoms with van der Waals surface area (Å²) in [6.07, 6.45) is 2.53. The molecule has 21 heavy (non-hydrogen) atoms. The van der Waals surface area contributed by atoms with Crippen molar-refractivity contribution in [2.75, 3.05) is 18.8 Å². The van der Waals surface area contributed by atoms with Gasteiger partial charge in [0.15, 0.2) is 0 Å². The van der Waals surface area contributed by atoms with Gasteiger partial charge in [-0.1, -0.05) is 42.5 Å². The van der Waals surface area contributed by atoms with Crippen LogP contribution in [0, 0.1) is 0 Å². The SMILES string of the molecule is c1ccc2c(c1)CCCN(CC1CSc3ccccc31)C2. The smallest absolute Gasteiger partial charge is 0.0236 e. The molecule has 2 heteroatoms. The maximum absolute atomic E-state index is 2.67. The predicted molar refractivity (Wildman–Crippen MR) is 89.9 cm³/mol. The molecule has 0 saturated carbocycles. The fourth-order valence-corrected chi connectivity index (χ4v) is 4.86. The molecule has 2 heterocycles. The van der Waals surface area contributed by atoms with Gasteiger partial charge in [-0.15, -0.1) is 11.8 Å². The van der Waals surface area contributed by atoms with E-state index in [-0.39, 0.29) is 0 Å². The molecule has 1 unspecified atom stereocenters. The Bertz CT molecular complexity index is 637. The first-order chi connectivity index (χ1) is 10.4. The summed E-state index contributed by atoms with van der Waals surface area (Å²) in [5.41, 5.74) is 4.66. The van der Waals surface area contributed by atoms with E-state index >= 15 is 0 Å². The van der Waals surface area contributed by atoms with Gasteiger partial charge in [0.25, 0.3) is 0 Å². The van der Waals surface area contributed by atoms with Crippen molar-refractivity contribution in [3.05, 3.63) is 65.2 Å². The van der Waals surface area contributed by atoms with E-state index in [1.165, 1.54) is 42.1 Å². The molecule has 0 fully saturated rings. The van der Waals surface area contributed by atoms with Crippen molar-refractivity contribution in [1.82, 2.24) is 4.90 Å². The summed E-state index contributed by atoms with van der Waals surface area (Å²) >= 11 is 2.03. The zero-order valence-electron chi connectivity index (χ0n) is 12.3. The van der Waals surface area contributed by atoms with Gasteiger partial charge in [0.2, 0.25) is 0 Å². The summed E-state index contributed by atoms with van der Waals surface area (Å²) in [4.78, 5) is 4.16. The molecule has 2 aliphatic heterocycles. The van der Waals surface area contributed by atoms with E-state index in [0.29, 0.717) is 5.92 Å². The van der Waals surface area contributed by atoms with Crippen molar-refractivity contribution in [3.8, 4) is 0 Å². The van der Waals surface area contributed by atoms with Crippen molar-refractivity contribution in [3.63, 3.8) is 0 Å². The number of benzene rings is 2. The Labute approximate surface area is 131 Å². The molecule has 0 aromatic heterocycles. The first-order valence-electron chi connectivity index (χ1n) is 7.91. The van der Waals surface area contributed by atoms with Gasteiger partial charge < -0.3 is 0 Å². The van der Waals surface area contributed by atoms with E-state index in [4.69, 9.17) is 0 Å². The van der Waals surface area contributed by atoms with Crippen molar-refractivity contribution < 1.29 is 0 Å². The molecule has 1 nitrogen and oxygen atoms in total. The van der Waals surface area contributed by atoms with Crippen LogP contribution in [0.25, 0.3) is 0 Å². The quantitative estimate of drug-likeness (QED) is 0.811. The second kappa shape index (κ2) is 5.86. The third kappa shape index (κ3) is 2.75. The Balaban J connectivity index is 1.51. The minimum atomic E-state index is 0.705. The van der Waals surface area contributed by atoms with E-state index in [0.717, 1.165) is 6.54 Å². The Kier molecular flexibility index (Phi) is 3.74. The zero-order chi connectivity index (χ0) is 14.1. The van der Waals surface area contributed by atoms with Crippen LogP contribution in [-0.2, 0) is 13.0 Å². The van der Waals surface area contributed by atoms with Crippen LogP contribution in [0.15, 0.2) is 53.4 Å². The standard InChI is InChI=1S/C19H21NS/c1-2-7-16-12-20(11-5-8-15(16)6-1)13-17-14-21-19-10-4-3-9-18(17)19/h1-4,6-7,9-10,17H,5,8,11-14H2. The van der Waals surface area contributed by atoms with Crippen molar-refractivity contribution in [2.24, 2.45) is 0 Å². The first-order valence-corrected chi connectivity index (χ1v) is 8.89. The largest absolute Gasteiger partial charge is 0.298 e. The average molecular weight is 295 g/mol. The van der Waals surface area contributed by atoms with Gasteiger partial charge in [0.1, 0.15) is 0 Å². The second-order valence-electron chi connectivity index (χ2n) is 6.15. The molecule has 0 radical (unpaired) electrons. The number of hydrogen-bond acceptors (Lipinski definition) is 2. The number of aryl methyl sites for hydroxylation is 1. The third-order valence-corrected chi connectivity index (χ3v) is 5.96. The molecule has 0 amide bonds. The van der Waals surface area contributed by atoms with Crippen LogP contribution in [0.2, 0.25) is 0 Å². The van der Waals surface area contributed by atoms with Gasteiger partial charge >= 0.3 is 0 Å². The van der Waals surface area contributed by atoms with Crippen LogP contribution in [0.5, 0.6) is 0 Å². The zero-order valence-corrected chi connectivity index (χ0v) is 13.1. The third-order valence-electron chi connectivity index (χ3n) is 4.71. The summed E-state index contributed by atoms with van der Waals surface area (Å²) in [6.45, 7) is 3.57. The number of fused-ring (bicyclic) bond motifs is 2. The highest BCUT2D eigenvalue weighted by Gasteiger charge is 2.25. The molecular formula is C19H21NS. The fourth-order valence-electron chi connectivity index (χ4n) is 3.62. The normalized spacial score (nSPS) is 21.6. The molecule has 2 aromatic carbocycles. The molecule has 2 aromatic rings. The summed E-state index contributed by atoms with van der Waals surface area (Å²) in [6, 6.07) is 17.9. The van der Waals surface area contributed by atoms with Gasteiger partial charge in [0, 0.05) is 29.7 Å². The van der Waals surface area contributed by atoms with E-state index in [1.54, 1.807) is 11.1 Å². The minimum Gasteiger partial charge on any atom is -0.298 e. The van der Waals surface area contributed by atoms with Crippen LogP contribution in [0.3, 0.4) is 0 Å². The number of thioether (sulfide) groups is 1. The maximum Gasteiger partial charge on any atom is 0.0236 e. The Morgan fingerprint density at radius 3 is 2.76 bits per heavy atom. The van der Waals surface area contributed by atoms with E-state index < -0.39 is 0 Å². The lowest BCUT2D eigenvalue weighted by Crippen LogP contribution is -2.28. The lowest BCUT2D eigenvalue weighted by Gasteiger charge is -2.24. The van der Waals surface area contributed by atoms with Crippen LogP contribution in [-0.4, -0.2) is 23.7 Å². The second-order valence-corrected chi connectivity index (χ2v) is 7.21. The van der Waals surface area contributed by atoms with Gasteiger partial charge in [0.05, 0.1) is 0 Å². The number of rotatable bonds is 2. The average Bonchev–Trinajstić information content (AvgIpc) is 2.80. The molecule has 0 N–H and O–H groups in total. The maximum atomic E-state index is 2.67. The number of hydrogen-bond donors (Lipinski definition) is 0. The Morgan fingerprint density at radius 1 is 1.00 bits per heavy atom. The molecule has 4 rings (SSSR count). The van der Waals surface area contributed by atoms with Crippen molar-refractivity contribution in [2.45, 2.75) is 30.2 Å². The minimum absolute atomic E-state index is 0.705. The van der Waals surface area contributed by atoms with Gasteiger partial charge in [-0.2, -0.15) is 0 Å². The topological polar surface area (TPSA) is 3.24 Å². The molecule has 0 bridgehead atoms. The lowest BCUT2D eigenvalue weighted by atomic mass is 10.0. The lowest BCUT2D eigenvalue weighted by molar-refractivity contribution is 0.258. The van der Waals surface area contributed by atoms with Gasteiger partial charge in [-0.3, -0.25) is 4.90 Å². The van der Waals surface area contributed by atoms with E-state index in [1.807, 2.05) is 11.8 Å². The van der Waals surface area contributed by atoms with Crippen LogP contribution in [0.4, 0.5) is 0 Å². The van der Waals surface area contributed by atoms with E-state index in [2.05, 4.69) is 53.4 Å². The van der Waals surface area contributed by atoms with Crippen molar-refractivity contribution >= 4 is 11.8 Å². The van der Waals surface area contributed by atoms with Crippen LogP contribution in [0.1, 0.15) is 29.0 Å². The summed E-state index contributed by atoms with van der Waals surface area (Å²) in [7, 11) is 0. The van der Waals surface area contributed by atoms with Crippen molar-refractivity contribution in [1.29, 1.82) is 0 Å². The highest BCUT2D eigenvalue weighted by Crippen LogP contribution is 2.39. The fraction of sp³-hybridized carbons (Fsp3) is 0.368. The Hall–Kier alpha value is -1.25. The summed E-state index contributed by atoms with van der Waals surface area (Å²) < 4.78 is 0. The highest BCUT2D eigenvalue weighted by molar-refractivity contribution is 7.99. The van der Waals surface area contributed by atoms with Gasteiger partial charge in [-0.05, 0) is 42.1 Å². The molecule has 0 saturated heterocycles. The van der Waals surface area contributed by atoms with Crippen LogP contribution < -0.4 is 0 Å². The van der Waals surface area contributed by atoms with E-state index in [9.17, 15) is 0 Å². The molecule has 1 atom stereocenters. The molecule has 0 spiro atoms. The van der Waals surface area contributed by atoms with Gasteiger partial charge in [-0.25, -0.2) is 0 Å². The van der Waals surface area contributed by atoms with Crippen LogP contribution >= 0.6 is 11.8 Å². The molecule has 2 aliphatic rings. The first kappa shape index (κ1) is 13.4. The number of nitrogens with zero attached hydrogens (tertiary/aromatic N) is 1. The molecular weight excluding hydrogens is 274 g/mol.